The molecule has 0 aliphatic carbocycles. The van der Waals surface area contributed by atoms with Gasteiger partial charge in [0.15, 0.2) is 12.2 Å². The predicted octanol–water partition coefficient (Wildman–Crippen LogP) is 6.58. The first-order chi connectivity index (χ1) is 20.5. The third kappa shape index (κ3) is 9.60. The van der Waals surface area contributed by atoms with E-state index in [0.717, 1.165) is 59.4 Å². The molecule has 8 nitrogen and oxygen atoms in total. The van der Waals surface area contributed by atoms with E-state index in [9.17, 15) is 9.59 Å². The first-order valence-corrected chi connectivity index (χ1v) is 14.5. The van der Waals surface area contributed by atoms with Gasteiger partial charge in [0.2, 0.25) is 0 Å². The molecule has 0 spiro atoms. The Morgan fingerprint density at radius 2 is 1.00 bits per heavy atom. The van der Waals surface area contributed by atoms with Gasteiger partial charge in [-0.25, -0.2) is 9.59 Å². The zero-order valence-corrected chi connectivity index (χ0v) is 24.7. The molecule has 3 aromatic rings. The lowest BCUT2D eigenvalue weighted by molar-refractivity contribution is -0.148. The molecule has 0 aromatic heterocycles. The monoisotopic (exact) mass is 578 g/mol. The van der Waals surface area contributed by atoms with Gasteiger partial charge in [-0.2, -0.15) is 0 Å². The van der Waals surface area contributed by atoms with E-state index in [1.807, 2.05) is 48.5 Å². The predicted molar refractivity (Wildman–Crippen MR) is 164 cm³/mol. The van der Waals surface area contributed by atoms with Gasteiger partial charge in [0.1, 0.15) is 24.7 Å². The number of ether oxygens (including phenoxy) is 6. The number of hydrogen-bond acceptors (Lipinski definition) is 8. The maximum Gasteiger partial charge on any atom is 0.330 e. The Balaban J connectivity index is 1.90. The highest BCUT2D eigenvalue weighted by Gasteiger charge is 2.21. The van der Waals surface area contributed by atoms with Crippen LogP contribution in [0, 0.1) is 0 Å². The van der Waals surface area contributed by atoms with Crippen LogP contribution in [-0.2, 0) is 28.5 Å². The second kappa shape index (κ2) is 17.8. The Kier molecular flexibility index (Phi) is 13.9. The second-order valence-electron chi connectivity index (χ2n) is 9.75. The Morgan fingerprint density at radius 3 is 1.31 bits per heavy atom. The van der Waals surface area contributed by atoms with Crippen molar-refractivity contribution in [2.45, 2.75) is 51.7 Å². The lowest BCUT2D eigenvalue weighted by Gasteiger charge is -2.22. The molecule has 0 radical (unpaired) electrons. The molecule has 0 heterocycles. The van der Waals surface area contributed by atoms with E-state index in [2.05, 4.69) is 27.0 Å². The first kappa shape index (κ1) is 32.6. The summed E-state index contributed by atoms with van der Waals surface area (Å²) in [5, 5.41) is 3.30. The van der Waals surface area contributed by atoms with E-state index in [-0.39, 0.29) is 26.4 Å². The number of carbonyl (C=O) groups excluding carboxylic acids is 2. The molecule has 0 saturated carbocycles. The lowest BCUT2D eigenvalue weighted by atomic mass is 10.0. The summed E-state index contributed by atoms with van der Waals surface area (Å²) >= 11 is 0. The largest absolute Gasteiger partial charge is 0.488 e. The number of unbranched alkanes of at least 4 members (excludes halogenated alkanes) is 2. The molecule has 0 aliphatic rings. The molecule has 42 heavy (non-hydrogen) atoms. The van der Waals surface area contributed by atoms with Crippen molar-refractivity contribution in [3.05, 3.63) is 73.8 Å². The summed E-state index contributed by atoms with van der Waals surface area (Å²) < 4.78 is 35.2. The lowest BCUT2D eigenvalue weighted by Crippen LogP contribution is -2.30. The number of rotatable bonds is 20. The van der Waals surface area contributed by atoms with Crippen LogP contribution >= 0.6 is 0 Å². The number of carbonyl (C=O) groups is 2. The third-order valence-corrected chi connectivity index (χ3v) is 6.45. The smallest absolute Gasteiger partial charge is 0.330 e. The van der Waals surface area contributed by atoms with Crippen LogP contribution in [0.5, 0.6) is 11.5 Å². The fourth-order valence-electron chi connectivity index (χ4n) is 4.29. The van der Waals surface area contributed by atoms with Crippen LogP contribution in [0.2, 0.25) is 0 Å². The molecule has 226 valence electrons. The van der Waals surface area contributed by atoms with Crippen molar-refractivity contribution in [1.82, 2.24) is 0 Å². The molecule has 8 heteroatoms. The molecule has 2 unspecified atom stereocenters. The van der Waals surface area contributed by atoms with Gasteiger partial charge in [0.25, 0.3) is 0 Å². The average molecular weight is 579 g/mol. The highest BCUT2D eigenvalue weighted by molar-refractivity contribution is 6.11. The third-order valence-electron chi connectivity index (χ3n) is 6.45. The van der Waals surface area contributed by atoms with Gasteiger partial charge in [-0.1, -0.05) is 88.4 Å². The highest BCUT2D eigenvalue weighted by atomic mass is 16.6. The minimum atomic E-state index is -0.617. The molecule has 2 atom stereocenters. The maximum atomic E-state index is 12.0. The van der Waals surface area contributed by atoms with E-state index in [4.69, 9.17) is 28.4 Å². The van der Waals surface area contributed by atoms with Crippen molar-refractivity contribution in [3.63, 3.8) is 0 Å². The van der Waals surface area contributed by atoms with E-state index in [1.54, 1.807) is 0 Å². The normalized spacial score (nSPS) is 12.4. The molecule has 0 N–H and O–H groups in total. The van der Waals surface area contributed by atoms with Gasteiger partial charge in [-0.3, -0.25) is 0 Å². The van der Waals surface area contributed by atoms with Crippen LogP contribution in [-0.4, -0.2) is 63.8 Å². The van der Waals surface area contributed by atoms with Crippen LogP contribution in [0.3, 0.4) is 0 Å². The highest BCUT2D eigenvalue weighted by Crippen LogP contribution is 2.42. The van der Waals surface area contributed by atoms with Crippen LogP contribution in [0.1, 0.15) is 39.5 Å². The number of benzene rings is 3. The zero-order chi connectivity index (χ0) is 30.2. The first-order valence-electron chi connectivity index (χ1n) is 14.5. The van der Waals surface area contributed by atoms with Gasteiger partial charge < -0.3 is 28.4 Å². The Bertz CT molecular complexity index is 1160. The average Bonchev–Trinajstić information content (AvgIpc) is 3.02. The van der Waals surface area contributed by atoms with Crippen LogP contribution in [0.15, 0.2) is 73.8 Å². The Hall–Kier alpha value is -3.88. The fraction of sp³-hybridized carbons (Fsp3) is 0.412. The number of fused-ring (bicyclic) bond motifs is 2. The standard InChI is InChI=1S/C34H42O8/c1-5-9-19-37-21-25(41-31(35)7-3)23-39-33-27-15-11-13-17-29(27)34(30-18-14-12-16-28(30)33)40-24-26(42-32(36)8-4)22-38-20-10-6-2/h7-8,11-18,25-26H,3-6,9-10,19-24H2,1-2H3. The maximum absolute atomic E-state index is 12.0. The van der Waals surface area contributed by atoms with Crippen LogP contribution in [0.4, 0.5) is 0 Å². The quantitative estimate of drug-likeness (QED) is 0.0643. The van der Waals surface area contributed by atoms with Gasteiger partial charge >= 0.3 is 11.9 Å². The number of hydrogen-bond donors (Lipinski definition) is 0. The SMILES string of the molecule is C=CC(=O)OC(COCCCC)COc1c2ccccc2c(OCC(COCCCC)OC(=O)C=C)c2ccccc12. The molecule has 3 rings (SSSR count). The second-order valence-corrected chi connectivity index (χ2v) is 9.75. The van der Waals surface area contributed by atoms with Crippen LogP contribution < -0.4 is 9.47 Å². The number of esters is 2. The molecule has 0 saturated heterocycles. The molecular weight excluding hydrogens is 536 g/mol. The summed E-state index contributed by atoms with van der Waals surface area (Å²) in [5.74, 6) is 0.205. The molecule has 0 amide bonds. The van der Waals surface area contributed by atoms with Crippen molar-refractivity contribution in [1.29, 1.82) is 0 Å². The van der Waals surface area contributed by atoms with E-state index >= 15 is 0 Å². The summed E-state index contributed by atoms with van der Waals surface area (Å²) in [6.45, 7) is 12.9. The molecular formula is C34H42O8. The summed E-state index contributed by atoms with van der Waals surface area (Å²) in [4.78, 5) is 24.0. The molecule has 0 fully saturated rings. The fourth-order valence-corrected chi connectivity index (χ4v) is 4.29. The Morgan fingerprint density at radius 1 is 0.643 bits per heavy atom. The molecule has 0 bridgehead atoms. The van der Waals surface area contributed by atoms with Crippen molar-refractivity contribution >= 4 is 33.5 Å². The van der Waals surface area contributed by atoms with Gasteiger partial charge in [0, 0.05) is 46.9 Å². The Labute approximate surface area is 248 Å². The summed E-state index contributed by atoms with van der Waals surface area (Å²) in [5.41, 5.74) is 0. The van der Waals surface area contributed by atoms with Crippen molar-refractivity contribution in [3.8, 4) is 11.5 Å². The van der Waals surface area contributed by atoms with Crippen molar-refractivity contribution in [2.24, 2.45) is 0 Å². The summed E-state index contributed by atoms with van der Waals surface area (Å²) in [6.07, 6.45) is 4.86. The van der Waals surface area contributed by atoms with E-state index in [0.29, 0.717) is 24.7 Å². The van der Waals surface area contributed by atoms with Crippen molar-refractivity contribution < 1.29 is 38.0 Å². The minimum absolute atomic E-state index is 0.0918. The van der Waals surface area contributed by atoms with Crippen LogP contribution in [0.25, 0.3) is 21.5 Å². The van der Waals surface area contributed by atoms with E-state index in [1.165, 1.54) is 0 Å². The zero-order valence-electron chi connectivity index (χ0n) is 24.7. The van der Waals surface area contributed by atoms with Gasteiger partial charge in [0.05, 0.1) is 13.2 Å². The van der Waals surface area contributed by atoms with Crippen molar-refractivity contribution in [2.75, 3.05) is 39.6 Å². The topological polar surface area (TPSA) is 89.5 Å². The summed E-state index contributed by atoms with van der Waals surface area (Å²) in [7, 11) is 0. The molecule has 3 aromatic carbocycles. The van der Waals surface area contributed by atoms with Gasteiger partial charge in [-0.05, 0) is 12.8 Å². The summed E-state index contributed by atoms with van der Waals surface area (Å²) in [6, 6.07) is 15.5. The minimum Gasteiger partial charge on any atom is -0.488 e. The molecule has 0 aliphatic heterocycles. The van der Waals surface area contributed by atoms with E-state index < -0.39 is 24.1 Å². The van der Waals surface area contributed by atoms with Gasteiger partial charge in [-0.15, -0.1) is 0 Å².